The molecule has 10 nitrogen and oxygen atoms in total. The van der Waals surface area contributed by atoms with Crippen molar-refractivity contribution in [3.8, 4) is 11.3 Å². The molecule has 2 fully saturated rings. The number of aliphatic hydroxyl groups excluding tert-OH is 1. The lowest BCUT2D eigenvalue weighted by molar-refractivity contribution is 0.0827. The first-order chi connectivity index (χ1) is 21.1. The van der Waals surface area contributed by atoms with Crippen molar-refractivity contribution in [2.24, 2.45) is 0 Å². The van der Waals surface area contributed by atoms with Gasteiger partial charge >= 0.3 is 0 Å². The van der Waals surface area contributed by atoms with Gasteiger partial charge in [-0.05, 0) is 66.1 Å². The topological polar surface area (TPSA) is 120 Å². The third kappa shape index (κ3) is 8.12. The molecule has 2 aliphatic rings. The van der Waals surface area contributed by atoms with E-state index >= 15 is 0 Å². The van der Waals surface area contributed by atoms with E-state index in [-0.39, 0.29) is 35.7 Å². The Bertz CT molecular complexity index is 1450. The summed E-state index contributed by atoms with van der Waals surface area (Å²) in [6.07, 6.45) is 1.98. The number of ether oxygens (including phenoxy) is 1. The Morgan fingerprint density at radius 2 is 1.80 bits per heavy atom. The van der Waals surface area contributed by atoms with E-state index in [9.17, 15) is 14.7 Å². The highest BCUT2D eigenvalue weighted by molar-refractivity contribution is 6.05. The quantitative estimate of drug-likeness (QED) is 0.315. The van der Waals surface area contributed by atoms with E-state index in [4.69, 9.17) is 9.26 Å². The number of hydrogen-bond acceptors (Lipinski definition) is 8. The second-order valence-electron chi connectivity index (χ2n) is 12.9. The number of amides is 2. The average molecular weight is 604 g/mol. The molecular weight excluding hydrogens is 558 g/mol. The molecule has 1 aromatic heterocycles. The smallest absolute Gasteiger partial charge is 0.290 e. The first-order valence-electron chi connectivity index (χ1n) is 15.6. The maximum Gasteiger partial charge on any atom is 0.290 e. The highest BCUT2D eigenvalue weighted by Gasteiger charge is 2.22. The maximum absolute atomic E-state index is 13.6. The molecule has 2 saturated heterocycles. The van der Waals surface area contributed by atoms with Gasteiger partial charge in [0.25, 0.3) is 11.8 Å². The first-order valence-corrected chi connectivity index (χ1v) is 15.6. The number of nitrogens with zero attached hydrogens (tertiary/aromatic N) is 3. The Morgan fingerprint density at radius 1 is 1.02 bits per heavy atom. The molecule has 0 bridgehead atoms. The molecule has 1 unspecified atom stereocenters. The molecular formula is C34H45N5O5. The van der Waals surface area contributed by atoms with E-state index in [1.165, 1.54) is 0 Å². The lowest BCUT2D eigenvalue weighted by Crippen LogP contribution is -2.46. The summed E-state index contributed by atoms with van der Waals surface area (Å²) in [5.74, 6) is -0.384. The molecule has 0 radical (unpaired) electrons. The Morgan fingerprint density at radius 3 is 2.50 bits per heavy atom. The molecule has 3 heterocycles. The van der Waals surface area contributed by atoms with Crippen molar-refractivity contribution in [3.05, 3.63) is 70.5 Å². The fourth-order valence-electron chi connectivity index (χ4n) is 5.71. The van der Waals surface area contributed by atoms with Crippen molar-refractivity contribution < 1.29 is 24.0 Å². The average Bonchev–Trinajstić information content (AvgIpc) is 3.70. The maximum atomic E-state index is 13.6. The van der Waals surface area contributed by atoms with Gasteiger partial charge < -0.3 is 25.0 Å². The summed E-state index contributed by atoms with van der Waals surface area (Å²) >= 11 is 0. The summed E-state index contributed by atoms with van der Waals surface area (Å²) in [5.41, 5.74) is 5.58. The van der Waals surface area contributed by atoms with Crippen LogP contribution in [0.3, 0.4) is 0 Å². The molecule has 10 heteroatoms. The molecule has 0 aliphatic carbocycles. The molecule has 2 aliphatic heterocycles. The van der Waals surface area contributed by atoms with Gasteiger partial charge in [0.05, 0.1) is 12.7 Å². The molecule has 1 atom stereocenters. The van der Waals surface area contributed by atoms with Crippen LogP contribution in [0.15, 0.2) is 47.0 Å². The summed E-state index contributed by atoms with van der Waals surface area (Å²) in [5, 5.41) is 19.3. The number of rotatable bonds is 10. The third-order valence-corrected chi connectivity index (χ3v) is 8.43. The Balaban J connectivity index is 1.29. The molecule has 44 heavy (non-hydrogen) atoms. The van der Waals surface area contributed by atoms with E-state index in [2.05, 4.69) is 52.4 Å². The summed E-state index contributed by atoms with van der Waals surface area (Å²) in [4.78, 5) is 30.9. The molecule has 3 N–H and O–H groups in total. The van der Waals surface area contributed by atoms with Gasteiger partial charge in [0.2, 0.25) is 5.76 Å². The normalized spacial score (nSPS) is 18.0. The van der Waals surface area contributed by atoms with E-state index in [1.54, 1.807) is 6.07 Å². The molecule has 0 saturated carbocycles. The van der Waals surface area contributed by atoms with Crippen molar-refractivity contribution in [2.45, 2.75) is 58.6 Å². The number of aliphatic hydroxyl groups is 1. The summed E-state index contributed by atoms with van der Waals surface area (Å²) in [7, 11) is 0. The van der Waals surface area contributed by atoms with Crippen LogP contribution in [0, 0.1) is 6.92 Å². The van der Waals surface area contributed by atoms with Crippen LogP contribution in [-0.2, 0) is 16.7 Å². The first kappa shape index (κ1) is 31.8. The minimum Gasteiger partial charge on any atom is -0.395 e. The zero-order chi connectivity index (χ0) is 31.3. The second-order valence-corrected chi connectivity index (χ2v) is 12.9. The monoisotopic (exact) mass is 603 g/mol. The highest BCUT2D eigenvalue weighted by atomic mass is 16.5. The van der Waals surface area contributed by atoms with Gasteiger partial charge in [0.15, 0.2) is 0 Å². The number of β-amino-alcohol motifs (C(OH)–C–C–N with tert-alkyl or cyclic N) is 1. The molecule has 0 spiro atoms. The van der Waals surface area contributed by atoms with Gasteiger partial charge in [-0.3, -0.25) is 19.4 Å². The zero-order valence-electron chi connectivity index (χ0n) is 26.3. The lowest BCUT2D eigenvalue weighted by Gasteiger charge is -2.34. The van der Waals surface area contributed by atoms with Crippen molar-refractivity contribution in [1.29, 1.82) is 0 Å². The van der Waals surface area contributed by atoms with Crippen LogP contribution in [0.2, 0.25) is 0 Å². The number of anilines is 1. The van der Waals surface area contributed by atoms with Crippen LogP contribution >= 0.6 is 0 Å². The van der Waals surface area contributed by atoms with Crippen LogP contribution in [0.5, 0.6) is 0 Å². The molecule has 5 rings (SSSR count). The lowest BCUT2D eigenvalue weighted by atomic mass is 9.85. The van der Waals surface area contributed by atoms with Crippen LogP contribution in [0.4, 0.5) is 5.69 Å². The molecule has 2 aromatic carbocycles. The standard InChI is InChI=1S/C34H45N5O5/c1-23-7-8-27(19-29(23)30-20-31(44-37-30)33(42)35-21-28-6-5-15-43-28)36-32(41)25-16-24(17-26(18-25)34(2,3)4)22-39-11-9-38(10-12-39)13-14-40/h7-8,16-20,28,40H,5-6,9-15,21-22H2,1-4H3,(H,35,42)(H,36,41). The molecule has 2 amide bonds. The SMILES string of the molecule is Cc1ccc(NC(=O)c2cc(CN3CCN(CCO)CC3)cc(C(C)(C)C)c2)cc1-c1cc(C(=O)NCC2CCCO2)on1. The molecule has 3 aromatic rings. The van der Waals surface area contributed by atoms with Gasteiger partial charge in [-0.25, -0.2) is 0 Å². The number of aromatic nitrogens is 1. The number of hydrogen-bond donors (Lipinski definition) is 3. The number of aryl methyl sites for hydroxylation is 1. The number of nitrogens with one attached hydrogen (secondary N) is 2. The Labute approximate surface area is 259 Å². The fourth-order valence-corrected chi connectivity index (χ4v) is 5.71. The van der Waals surface area contributed by atoms with Gasteiger partial charge in [-0.15, -0.1) is 0 Å². The Kier molecular flexibility index (Phi) is 10.2. The Hall–Kier alpha value is -3.57. The van der Waals surface area contributed by atoms with Crippen LogP contribution in [-0.4, -0.2) is 90.5 Å². The van der Waals surface area contributed by atoms with Crippen LogP contribution < -0.4 is 10.6 Å². The summed E-state index contributed by atoms with van der Waals surface area (Å²) < 4.78 is 10.9. The predicted molar refractivity (Wildman–Crippen MR) is 170 cm³/mol. The summed E-state index contributed by atoms with van der Waals surface area (Å²) in [6, 6.07) is 13.4. The number of benzene rings is 2. The van der Waals surface area contributed by atoms with Crippen LogP contribution in [0.25, 0.3) is 11.3 Å². The zero-order valence-corrected chi connectivity index (χ0v) is 26.3. The second kappa shape index (κ2) is 14.0. The fraction of sp³-hybridized carbons (Fsp3) is 0.500. The van der Waals surface area contributed by atoms with Crippen molar-refractivity contribution in [3.63, 3.8) is 0 Å². The third-order valence-electron chi connectivity index (χ3n) is 8.43. The van der Waals surface area contributed by atoms with Crippen molar-refractivity contribution in [1.82, 2.24) is 20.3 Å². The number of carbonyl (C=O) groups excluding carboxylic acids is 2. The number of carbonyl (C=O) groups is 2. The summed E-state index contributed by atoms with van der Waals surface area (Å²) in [6.45, 7) is 14.9. The van der Waals surface area contributed by atoms with Gasteiger partial charge in [-0.2, -0.15) is 0 Å². The molecule has 236 valence electrons. The van der Waals surface area contributed by atoms with Gasteiger partial charge in [0, 0.05) is 75.3 Å². The van der Waals surface area contributed by atoms with Crippen LogP contribution in [0.1, 0.15) is 71.2 Å². The van der Waals surface area contributed by atoms with Gasteiger partial charge in [-0.1, -0.05) is 38.1 Å². The minimum absolute atomic E-state index is 0.0390. The van der Waals surface area contributed by atoms with Crippen molar-refractivity contribution in [2.75, 3.05) is 57.8 Å². The van der Waals surface area contributed by atoms with E-state index in [0.29, 0.717) is 30.0 Å². The largest absolute Gasteiger partial charge is 0.395 e. The van der Waals surface area contributed by atoms with E-state index < -0.39 is 0 Å². The van der Waals surface area contributed by atoms with E-state index in [0.717, 1.165) is 74.4 Å². The van der Waals surface area contributed by atoms with E-state index in [1.807, 2.05) is 37.3 Å². The van der Waals surface area contributed by atoms with Crippen molar-refractivity contribution >= 4 is 17.5 Å². The minimum atomic E-state index is -0.331. The van der Waals surface area contributed by atoms with Gasteiger partial charge in [0.1, 0.15) is 5.69 Å². The predicted octanol–water partition coefficient (Wildman–Crippen LogP) is 4.22. The highest BCUT2D eigenvalue weighted by Crippen LogP contribution is 2.29. The number of piperazine rings is 1.